The summed E-state index contributed by atoms with van der Waals surface area (Å²) in [5.74, 6) is -4.36. The van der Waals surface area contributed by atoms with Crippen LogP contribution in [0.2, 0.25) is 0 Å². The van der Waals surface area contributed by atoms with Crippen molar-refractivity contribution < 1.29 is 73.7 Å². The molecule has 2 amide bonds. The second-order valence-electron chi connectivity index (χ2n) is 19.8. The van der Waals surface area contributed by atoms with E-state index in [-0.39, 0.29) is 58.0 Å². The standard InChI is InChI=1S/C30H32FNO4.C23H27NO3.C8H14NOS.C7H5FO.BrH/c1-4-5-19-36-25-17-15-24(16-18-25)32-30(35)27(28(33)20(2)3)26(21-9-7-6-8-10-21)29(34)22-11-13-23(31)14-12-22;1-4-5-15-27-20-13-11-19(12-14-20)24-23(26)21(22(25)17(2)3)16-18-9-7-6-8-10-18;1-3-9-6-11-8(4-5-10)7(9)2;8-7-3-1-6(5-9)2-4-7;/h6-18,20,26-27H,4-5,19H2,1-3H3,(H,32,35);6-14,16-17H,4-5,15H2,1-3H3,(H,24,26);6,10H,3-5H2,1-2H3;1-5H;1H/q;;+1;;/p-1/b;21-16+;;;. The van der Waals surface area contributed by atoms with Gasteiger partial charge in [0.2, 0.25) is 11.4 Å². The highest BCUT2D eigenvalue weighted by Gasteiger charge is 2.41. The summed E-state index contributed by atoms with van der Waals surface area (Å²) in [7, 11) is 0. The van der Waals surface area contributed by atoms with Crippen LogP contribution in [-0.4, -0.2) is 60.4 Å². The monoisotopic (exact) mass is 1230 g/mol. The molecule has 0 fully saturated rings. The molecule has 0 radical (unpaired) electrons. The fourth-order valence-electron chi connectivity index (χ4n) is 8.03. The number of hydrogen-bond acceptors (Lipinski definition) is 10. The third-order valence-electron chi connectivity index (χ3n) is 12.8. The minimum absolute atomic E-state index is 0. The average molecular weight is 1230 g/mol. The molecule has 2 unspecified atom stereocenters. The number of anilines is 2. The van der Waals surface area contributed by atoms with E-state index in [4.69, 9.17) is 14.6 Å². The molecule has 0 spiro atoms. The van der Waals surface area contributed by atoms with Crippen LogP contribution < -0.4 is 41.7 Å². The number of aldehydes is 1. The largest absolute Gasteiger partial charge is 1.00 e. The van der Waals surface area contributed by atoms with Crippen LogP contribution in [0, 0.1) is 36.3 Å². The summed E-state index contributed by atoms with van der Waals surface area (Å²) in [4.78, 5) is 77.2. The summed E-state index contributed by atoms with van der Waals surface area (Å²) in [5.41, 5.74) is 6.76. The van der Waals surface area contributed by atoms with Gasteiger partial charge in [0.05, 0.1) is 29.6 Å². The topological polar surface area (TPSA) is 169 Å². The number of hydrogen-bond donors (Lipinski definition) is 3. The lowest BCUT2D eigenvalue weighted by atomic mass is 9.75. The maximum Gasteiger partial charge on any atom is 0.259 e. The molecule has 16 heteroatoms. The van der Waals surface area contributed by atoms with Gasteiger partial charge in [0.1, 0.15) is 47.7 Å². The minimum atomic E-state index is -1.27. The van der Waals surface area contributed by atoms with Crippen LogP contribution in [0.3, 0.4) is 0 Å². The van der Waals surface area contributed by atoms with Crippen LogP contribution in [0.25, 0.3) is 6.08 Å². The number of nitrogens with one attached hydrogen (secondary N) is 2. The number of amides is 2. The van der Waals surface area contributed by atoms with Gasteiger partial charge in [0.15, 0.2) is 17.3 Å². The molecule has 1 aromatic heterocycles. The molecule has 1 heterocycles. The Kier molecular flexibility index (Phi) is 32.0. The van der Waals surface area contributed by atoms with Gasteiger partial charge in [-0.2, -0.15) is 4.57 Å². The van der Waals surface area contributed by atoms with E-state index in [0.29, 0.717) is 47.8 Å². The molecule has 3 N–H and O–H groups in total. The van der Waals surface area contributed by atoms with Crippen molar-refractivity contribution in [1.82, 2.24) is 0 Å². The smallest absolute Gasteiger partial charge is 0.259 e. The van der Waals surface area contributed by atoms with Crippen LogP contribution in [0.4, 0.5) is 20.2 Å². The van der Waals surface area contributed by atoms with Crippen LogP contribution in [-0.2, 0) is 32.1 Å². The lowest BCUT2D eigenvalue weighted by Crippen LogP contribution is -3.00. The van der Waals surface area contributed by atoms with Gasteiger partial charge in [-0.3, -0.25) is 28.8 Å². The van der Waals surface area contributed by atoms with E-state index < -0.39 is 41.2 Å². The molecule has 0 bridgehead atoms. The van der Waals surface area contributed by atoms with Crippen LogP contribution in [0.1, 0.15) is 122 Å². The molecule has 0 saturated carbocycles. The molecule has 0 aliphatic rings. The van der Waals surface area contributed by atoms with Crippen molar-refractivity contribution in [2.75, 3.05) is 30.5 Å². The Balaban J connectivity index is 0.000000334. The minimum Gasteiger partial charge on any atom is -1.00 e. The Bertz CT molecular complexity index is 3140. The maximum absolute atomic E-state index is 13.7. The first-order chi connectivity index (χ1) is 39.9. The Morgan fingerprint density at radius 3 is 1.60 bits per heavy atom. The van der Waals surface area contributed by atoms with E-state index in [1.807, 2.05) is 42.5 Å². The van der Waals surface area contributed by atoms with Crippen molar-refractivity contribution in [2.45, 2.75) is 100.0 Å². The summed E-state index contributed by atoms with van der Waals surface area (Å²) in [6.45, 7) is 18.0. The number of aliphatic hydroxyl groups excluding tert-OH is 1. The van der Waals surface area contributed by atoms with Gasteiger partial charge in [-0.25, -0.2) is 8.78 Å². The maximum atomic E-state index is 13.7. The number of aromatic nitrogens is 1. The van der Waals surface area contributed by atoms with Crippen LogP contribution in [0.5, 0.6) is 11.5 Å². The highest BCUT2D eigenvalue weighted by Crippen LogP contribution is 2.33. The van der Waals surface area contributed by atoms with E-state index in [1.165, 1.54) is 59.1 Å². The molecule has 0 aliphatic carbocycles. The normalized spacial score (nSPS) is 11.4. The van der Waals surface area contributed by atoms with Crippen LogP contribution >= 0.6 is 11.3 Å². The number of Topliss-reactive ketones (excluding diaryl/α,β-unsaturated/α-hetero) is 3. The molecular formula is C68H78BrF2N3O9S. The molecular weight excluding hydrogens is 1150 g/mol. The number of ether oxygens (including phenoxy) is 2. The molecule has 2 atom stereocenters. The molecule has 446 valence electrons. The summed E-state index contributed by atoms with van der Waals surface area (Å²) in [5, 5.41) is 14.3. The second-order valence-corrected chi connectivity index (χ2v) is 20.8. The summed E-state index contributed by atoms with van der Waals surface area (Å²) >= 11 is 1.73. The fourth-order valence-corrected chi connectivity index (χ4v) is 9.09. The number of ketones is 3. The van der Waals surface area contributed by atoms with Crippen molar-refractivity contribution in [3.05, 3.63) is 213 Å². The van der Waals surface area contributed by atoms with Crippen molar-refractivity contribution in [1.29, 1.82) is 0 Å². The molecule has 7 aromatic rings. The van der Waals surface area contributed by atoms with E-state index in [0.717, 1.165) is 50.0 Å². The number of halogens is 3. The third kappa shape index (κ3) is 23.5. The molecule has 7 rings (SSSR count). The number of aryl methyl sites for hydroxylation is 1. The summed E-state index contributed by atoms with van der Waals surface area (Å²) in [6.07, 6.45) is 7.17. The number of benzene rings is 6. The highest BCUT2D eigenvalue weighted by molar-refractivity contribution is 7.09. The third-order valence-corrected chi connectivity index (χ3v) is 14.0. The highest BCUT2D eigenvalue weighted by atomic mass is 79.9. The number of carbonyl (C=O) groups excluding carboxylic acids is 6. The molecule has 0 aliphatic heterocycles. The van der Waals surface area contributed by atoms with Gasteiger partial charge in [0, 0.05) is 54.3 Å². The Labute approximate surface area is 508 Å². The number of aliphatic hydroxyl groups is 1. The van der Waals surface area contributed by atoms with E-state index >= 15 is 0 Å². The zero-order valence-electron chi connectivity index (χ0n) is 49.1. The summed E-state index contributed by atoms with van der Waals surface area (Å²) in [6, 6.07) is 42.7. The summed E-state index contributed by atoms with van der Waals surface area (Å²) < 4.78 is 39.1. The predicted octanol–water partition coefficient (Wildman–Crippen LogP) is 11.1. The fraction of sp³-hybridized carbons (Fsp3) is 0.309. The van der Waals surface area contributed by atoms with Gasteiger partial charge in [-0.1, -0.05) is 126 Å². The number of rotatable bonds is 25. The average Bonchev–Trinajstić information content (AvgIpc) is 4.03. The zero-order chi connectivity index (χ0) is 60.7. The van der Waals surface area contributed by atoms with Crippen molar-refractivity contribution in [2.24, 2.45) is 17.8 Å². The first kappa shape index (κ1) is 70.5. The predicted molar refractivity (Wildman–Crippen MR) is 326 cm³/mol. The lowest BCUT2D eigenvalue weighted by Gasteiger charge is -2.26. The first-order valence-electron chi connectivity index (χ1n) is 28.0. The van der Waals surface area contributed by atoms with Gasteiger partial charge < -0.3 is 42.2 Å². The van der Waals surface area contributed by atoms with Gasteiger partial charge >= 0.3 is 0 Å². The SMILES string of the molecule is CCCCOc1ccc(NC(=O)/C(=C/c2ccccc2)C(=O)C(C)C)cc1.CCCCOc1ccc(NC(=O)C(C(=O)C(C)C)C(C(=O)c2ccc(F)cc2)c2ccccc2)cc1.CC[n+]1csc(CCO)c1C.O=Cc1ccc(F)cc1.[Br-]. The van der Waals surface area contributed by atoms with Crippen molar-refractivity contribution in [3.63, 3.8) is 0 Å². The number of thiazole rings is 1. The Hall–Kier alpha value is -7.79. The van der Waals surface area contributed by atoms with Gasteiger partial charge in [-0.15, -0.1) is 0 Å². The van der Waals surface area contributed by atoms with Gasteiger partial charge in [0.25, 0.3) is 5.91 Å². The molecule has 12 nitrogen and oxygen atoms in total. The Morgan fingerprint density at radius 1 is 0.643 bits per heavy atom. The number of nitrogens with zero attached hydrogens (tertiary/aromatic N) is 1. The van der Waals surface area contributed by atoms with E-state index in [1.54, 1.807) is 112 Å². The lowest BCUT2D eigenvalue weighted by molar-refractivity contribution is -0.694. The van der Waals surface area contributed by atoms with Crippen molar-refractivity contribution in [3.8, 4) is 11.5 Å². The van der Waals surface area contributed by atoms with E-state index in [9.17, 15) is 37.5 Å². The molecule has 6 aromatic carbocycles. The number of unbranched alkanes of at least 4 members (excludes halogenated alkanes) is 2. The quantitative estimate of drug-likeness (QED) is 0.00959. The van der Waals surface area contributed by atoms with Crippen LogP contribution in [0.15, 0.2) is 169 Å². The second kappa shape index (κ2) is 38.1. The van der Waals surface area contributed by atoms with Gasteiger partial charge in [-0.05, 0) is 134 Å². The Morgan fingerprint density at radius 2 is 1.14 bits per heavy atom. The molecule has 0 saturated heterocycles. The first-order valence-corrected chi connectivity index (χ1v) is 28.9. The van der Waals surface area contributed by atoms with E-state index in [2.05, 4.69) is 48.4 Å². The zero-order valence-corrected chi connectivity index (χ0v) is 51.5. The van der Waals surface area contributed by atoms with Crippen molar-refractivity contribution >= 4 is 64.2 Å². The molecule has 84 heavy (non-hydrogen) atoms. The number of carbonyl (C=O) groups is 6.